The van der Waals surface area contributed by atoms with Crippen LogP contribution in [-0.2, 0) is 6.54 Å². The molecule has 0 aliphatic carbocycles. The highest BCUT2D eigenvalue weighted by Crippen LogP contribution is 2.22. The van der Waals surface area contributed by atoms with Gasteiger partial charge in [-0.15, -0.1) is 23.7 Å². The van der Waals surface area contributed by atoms with E-state index in [1.54, 1.807) is 17.5 Å². The van der Waals surface area contributed by atoms with Gasteiger partial charge in [0.05, 0.1) is 11.4 Å². The molecular formula is C13H17ClN4S. The predicted octanol–water partition coefficient (Wildman–Crippen LogP) is 2.16. The van der Waals surface area contributed by atoms with Gasteiger partial charge in [-0.05, 0) is 18.6 Å². The molecule has 0 saturated carbocycles. The van der Waals surface area contributed by atoms with Crippen molar-refractivity contribution in [1.82, 2.24) is 14.9 Å². The molecule has 1 fully saturated rings. The third-order valence-corrected chi connectivity index (χ3v) is 4.04. The number of pyridine rings is 1. The number of hydrogen-bond acceptors (Lipinski definition) is 5. The lowest BCUT2D eigenvalue weighted by Gasteiger charge is -2.12. The van der Waals surface area contributed by atoms with Gasteiger partial charge in [-0.2, -0.15) is 0 Å². The predicted molar refractivity (Wildman–Crippen MR) is 80.5 cm³/mol. The molecule has 6 heteroatoms. The lowest BCUT2D eigenvalue weighted by molar-refractivity contribution is 0.323. The molecule has 1 atom stereocenters. The second kappa shape index (κ2) is 6.43. The Balaban J connectivity index is 0.00000133. The minimum Gasteiger partial charge on any atom is -0.326 e. The summed E-state index contributed by atoms with van der Waals surface area (Å²) in [7, 11) is 0. The Hall–Kier alpha value is -1.01. The summed E-state index contributed by atoms with van der Waals surface area (Å²) in [5.41, 5.74) is 7.98. The Morgan fingerprint density at radius 2 is 2.32 bits per heavy atom. The van der Waals surface area contributed by atoms with Gasteiger partial charge >= 0.3 is 0 Å². The van der Waals surface area contributed by atoms with E-state index in [1.807, 2.05) is 18.2 Å². The maximum absolute atomic E-state index is 5.91. The van der Waals surface area contributed by atoms with Crippen LogP contribution in [0, 0.1) is 0 Å². The fourth-order valence-electron chi connectivity index (χ4n) is 2.22. The van der Waals surface area contributed by atoms with Crippen LogP contribution in [0.3, 0.4) is 0 Å². The number of nitrogens with two attached hydrogens (primary N) is 1. The van der Waals surface area contributed by atoms with Crippen molar-refractivity contribution in [2.45, 2.75) is 19.0 Å². The second-order valence-electron chi connectivity index (χ2n) is 4.64. The van der Waals surface area contributed by atoms with Gasteiger partial charge in [-0.25, -0.2) is 4.98 Å². The maximum Gasteiger partial charge on any atom is 0.142 e. The molecular weight excluding hydrogens is 280 g/mol. The van der Waals surface area contributed by atoms with E-state index in [2.05, 4.69) is 20.2 Å². The highest BCUT2D eigenvalue weighted by Gasteiger charge is 2.19. The second-order valence-corrected chi connectivity index (χ2v) is 5.50. The van der Waals surface area contributed by atoms with E-state index in [0.29, 0.717) is 6.04 Å². The normalized spacial score (nSPS) is 19.3. The molecule has 102 valence electrons. The average Bonchev–Trinajstić information content (AvgIpc) is 3.01. The standard InChI is InChI=1S/C13H16N4S.ClH/c14-10-4-6-17(7-10)8-11-9-18-13(16-11)12-3-1-2-5-15-12;/h1-3,5,9-10H,4,6-8,14H2;1H. The van der Waals surface area contributed by atoms with E-state index in [-0.39, 0.29) is 12.4 Å². The van der Waals surface area contributed by atoms with Gasteiger partial charge in [0.2, 0.25) is 0 Å². The monoisotopic (exact) mass is 296 g/mol. The Morgan fingerprint density at radius 1 is 1.42 bits per heavy atom. The number of hydrogen-bond donors (Lipinski definition) is 1. The van der Waals surface area contributed by atoms with Gasteiger partial charge in [0, 0.05) is 37.3 Å². The number of aromatic nitrogens is 2. The smallest absolute Gasteiger partial charge is 0.142 e. The zero-order valence-corrected chi connectivity index (χ0v) is 12.2. The van der Waals surface area contributed by atoms with E-state index in [1.165, 1.54) is 0 Å². The van der Waals surface area contributed by atoms with E-state index in [4.69, 9.17) is 5.73 Å². The molecule has 2 aromatic rings. The van der Waals surface area contributed by atoms with Crippen molar-refractivity contribution in [3.8, 4) is 10.7 Å². The highest BCUT2D eigenvalue weighted by atomic mass is 35.5. The molecule has 2 N–H and O–H groups in total. The first-order chi connectivity index (χ1) is 8.81. The molecule has 0 spiro atoms. The van der Waals surface area contributed by atoms with Gasteiger partial charge in [-0.3, -0.25) is 9.88 Å². The van der Waals surface area contributed by atoms with Gasteiger partial charge in [0.15, 0.2) is 0 Å². The van der Waals surface area contributed by atoms with E-state index in [9.17, 15) is 0 Å². The summed E-state index contributed by atoms with van der Waals surface area (Å²) in [6.45, 7) is 2.96. The van der Waals surface area contributed by atoms with Crippen LogP contribution in [0.25, 0.3) is 10.7 Å². The van der Waals surface area contributed by atoms with Crippen LogP contribution in [0.2, 0.25) is 0 Å². The Bertz CT molecular complexity index is 516. The number of nitrogens with zero attached hydrogens (tertiary/aromatic N) is 3. The lowest BCUT2D eigenvalue weighted by Crippen LogP contribution is -2.26. The summed E-state index contributed by atoms with van der Waals surface area (Å²) in [6.07, 6.45) is 2.90. The Kier molecular flexibility index (Phi) is 4.87. The molecule has 0 aromatic carbocycles. The quantitative estimate of drug-likeness (QED) is 0.943. The minimum absolute atomic E-state index is 0. The Morgan fingerprint density at radius 3 is 3.00 bits per heavy atom. The van der Waals surface area contributed by atoms with Crippen molar-refractivity contribution in [2.75, 3.05) is 13.1 Å². The molecule has 1 saturated heterocycles. The van der Waals surface area contributed by atoms with Crippen LogP contribution < -0.4 is 5.73 Å². The lowest BCUT2D eigenvalue weighted by atomic mass is 10.3. The van der Waals surface area contributed by atoms with Gasteiger partial charge < -0.3 is 5.73 Å². The first-order valence-electron chi connectivity index (χ1n) is 6.15. The van der Waals surface area contributed by atoms with Crippen molar-refractivity contribution in [3.63, 3.8) is 0 Å². The number of rotatable bonds is 3. The zero-order chi connectivity index (χ0) is 12.4. The van der Waals surface area contributed by atoms with Crippen molar-refractivity contribution in [2.24, 2.45) is 5.73 Å². The summed E-state index contributed by atoms with van der Waals surface area (Å²) in [6, 6.07) is 6.24. The molecule has 3 rings (SSSR count). The van der Waals surface area contributed by atoms with Crippen molar-refractivity contribution < 1.29 is 0 Å². The van der Waals surface area contributed by atoms with Crippen molar-refractivity contribution in [3.05, 3.63) is 35.5 Å². The summed E-state index contributed by atoms with van der Waals surface area (Å²) in [4.78, 5) is 11.3. The zero-order valence-electron chi connectivity index (χ0n) is 10.5. The number of thiazole rings is 1. The third kappa shape index (κ3) is 3.51. The van der Waals surface area contributed by atoms with Gasteiger partial charge in [0.1, 0.15) is 5.01 Å². The topological polar surface area (TPSA) is 55.0 Å². The van der Waals surface area contributed by atoms with Crippen molar-refractivity contribution >= 4 is 23.7 Å². The first kappa shape index (κ1) is 14.4. The number of likely N-dealkylation sites (tertiary alicyclic amines) is 1. The molecule has 1 aliphatic heterocycles. The molecule has 3 heterocycles. The maximum atomic E-state index is 5.91. The fourth-order valence-corrected chi connectivity index (χ4v) is 3.01. The van der Waals surface area contributed by atoms with Crippen LogP contribution in [0.5, 0.6) is 0 Å². The molecule has 0 amide bonds. The summed E-state index contributed by atoms with van der Waals surface area (Å²) in [5.74, 6) is 0. The van der Waals surface area contributed by atoms with E-state index >= 15 is 0 Å². The van der Waals surface area contributed by atoms with Crippen LogP contribution in [0.15, 0.2) is 29.8 Å². The fraction of sp³-hybridized carbons (Fsp3) is 0.385. The van der Waals surface area contributed by atoms with Gasteiger partial charge in [-0.1, -0.05) is 6.07 Å². The molecule has 0 radical (unpaired) electrons. The average molecular weight is 297 g/mol. The highest BCUT2D eigenvalue weighted by molar-refractivity contribution is 7.13. The molecule has 19 heavy (non-hydrogen) atoms. The molecule has 1 aliphatic rings. The molecule has 4 nitrogen and oxygen atoms in total. The molecule has 0 bridgehead atoms. The molecule has 2 aromatic heterocycles. The third-order valence-electron chi connectivity index (χ3n) is 3.13. The Labute approximate surface area is 123 Å². The van der Waals surface area contributed by atoms with Crippen LogP contribution in [0.1, 0.15) is 12.1 Å². The number of halogens is 1. The van der Waals surface area contributed by atoms with Gasteiger partial charge in [0.25, 0.3) is 0 Å². The van der Waals surface area contributed by atoms with Crippen molar-refractivity contribution in [1.29, 1.82) is 0 Å². The summed E-state index contributed by atoms with van der Waals surface area (Å²) in [5, 5.41) is 3.11. The largest absolute Gasteiger partial charge is 0.326 e. The summed E-state index contributed by atoms with van der Waals surface area (Å²) >= 11 is 1.66. The first-order valence-corrected chi connectivity index (χ1v) is 7.03. The minimum atomic E-state index is 0. The van der Waals surface area contributed by atoms with Crippen LogP contribution >= 0.6 is 23.7 Å². The van der Waals surface area contributed by atoms with Crippen LogP contribution in [-0.4, -0.2) is 34.0 Å². The SMILES string of the molecule is Cl.NC1CCN(Cc2csc(-c3ccccn3)n2)C1. The van der Waals surface area contributed by atoms with Crippen LogP contribution in [0.4, 0.5) is 0 Å². The summed E-state index contributed by atoms with van der Waals surface area (Å²) < 4.78 is 0. The van der Waals surface area contributed by atoms with E-state index in [0.717, 1.165) is 42.5 Å². The molecule has 1 unspecified atom stereocenters. The van der Waals surface area contributed by atoms with E-state index < -0.39 is 0 Å².